The number of unbranched alkanes of at least 4 members (excludes halogenated alkanes) is 1. The molecule has 0 aliphatic rings. The minimum absolute atomic E-state index is 0.292. The van der Waals surface area contributed by atoms with Gasteiger partial charge in [0.2, 0.25) is 11.9 Å². The van der Waals surface area contributed by atoms with Gasteiger partial charge in [0.05, 0.1) is 6.04 Å². The van der Waals surface area contributed by atoms with Gasteiger partial charge in [0.15, 0.2) is 0 Å². The molecule has 1 rings (SSSR count). The first-order valence-electron chi connectivity index (χ1n) is 4.85. The third kappa shape index (κ3) is 4.41. The molecule has 1 aromatic heterocycles. The standard InChI is InChI=1S/C8H16N6O/c9-6(5-15)3-1-2-4-11-8-12-7(10)13-14-8/h5-6H,1-4,9H2,(H4,10,11,12,13,14)/t6-/m1/s1. The van der Waals surface area contributed by atoms with Crippen LogP contribution in [0.1, 0.15) is 19.3 Å². The fraction of sp³-hybridized carbons (Fsp3) is 0.625. The number of carbonyl (C=O) groups is 1. The Labute approximate surface area is 87.6 Å². The second kappa shape index (κ2) is 5.97. The van der Waals surface area contributed by atoms with E-state index in [4.69, 9.17) is 11.5 Å². The van der Waals surface area contributed by atoms with Crippen molar-refractivity contribution in [3.05, 3.63) is 0 Å². The summed E-state index contributed by atoms with van der Waals surface area (Å²) in [6.45, 7) is 0.739. The third-order valence-corrected chi connectivity index (χ3v) is 1.92. The number of carbonyl (C=O) groups excluding carboxylic acids is 1. The molecule has 0 bridgehead atoms. The van der Waals surface area contributed by atoms with Gasteiger partial charge >= 0.3 is 0 Å². The molecule has 1 aromatic rings. The van der Waals surface area contributed by atoms with Crippen LogP contribution >= 0.6 is 0 Å². The van der Waals surface area contributed by atoms with Crippen LogP contribution in [0.4, 0.5) is 11.9 Å². The van der Waals surface area contributed by atoms with Crippen LogP contribution in [-0.2, 0) is 4.79 Å². The van der Waals surface area contributed by atoms with Gasteiger partial charge in [-0.2, -0.15) is 4.98 Å². The maximum Gasteiger partial charge on any atom is 0.243 e. The molecule has 6 N–H and O–H groups in total. The number of hydrogen-bond acceptors (Lipinski definition) is 6. The fourth-order valence-electron chi connectivity index (χ4n) is 1.13. The van der Waals surface area contributed by atoms with Crippen molar-refractivity contribution in [1.29, 1.82) is 0 Å². The number of H-pyrrole nitrogens is 1. The molecule has 0 amide bonds. The minimum atomic E-state index is -0.343. The highest BCUT2D eigenvalue weighted by Crippen LogP contribution is 2.01. The predicted octanol–water partition coefficient (Wildman–Crippen LogP) is -0.505. The Morgan fingerprint density at radius 2 is 2.33 bits per heavy atom. The number of nitrogens with zero attached hydrogens (tertiary/aromatic N) is 2. The molecular formula is C8H16N6O. The van der Waals surface area contributed by atoms with Crippen molar-refractivity contribution in [3.8, 4) is 0 Å². The van der Waals surface area contributed by atoms with Crippen LogP contribution in [0, 0.1) is 0 Å². The summed E-state index contributed by atoms with van der Waals surface area (Å²) >= 11 is 0. The van der Waals surface area contributed by atoms with Crippen molar-refractivity contribution in [2.24, 2.45) is 5.73 Å². The Morgan fingerprint density at radius 1 is 1.53 bits per heavy atom. The van der Waals surface area contributed by atoms with Gasteiger partial charge in [-0.25, -0.2) is 5.10 Å². The summed E-state index contributed by atoms with van der Waals surface area (Å²) in [5.41, 5.74) is 10.8. The number of nitrogen functional groups attached to an aromatic ring is 1. The first-order chi connectivity index (χ1) is 7.22. The summed E-state index contributed by atoms with van der Waals surface area (Å²) in [6.07, 6.45) is 3.29. The molecule has 0 saturated heterocycles. The summed E-state index contributed by atoms with van der Waals surface area (Å²) in [5.74, 6) is 0.785. The van der Waals surface area contributed by atoms with E-state index in [1.165, 1.54) is 0 Å². The lowest BCUT2D eigenvalue weighted by atomic mass is 10.1. The Hall–Kier alpha value is -1.63. The van der Waals surface area contributed by atoms with Crippen molar-refractivity contribution in [2.45, 2.75) is 25.3 Å². The molecule has 0 saturated carbocycles. The van der Waals surface area contributed by atoms with E-state index in [9.17, 15) is 4.79 Å². The average Bonchev–Trinajstić information content (AvgIpc) is 2.63. The quantitative estimate of drug-likeness (QED) is 0.357. The molecule has 0 spiro atoms. The predicted molar refractivity (Wildman–Crippen MR) is 57.2 cm³/mol. The normalized spacial score (nSPS) is 12.3. The van der Waals surface area contributed by atoms with Crippen molar-refractivity contribution >= 4 is 18.2 Å². The molecule has 1 atom stereocenters. The van der Waals surface area contributed by atoms with Gasteiger partial charge in [0.1, 0.15) is 6.29 Å². The van der Waals surface area contributed by atoms with Crippen molar-refractivity contribution in [2.75, 3.05) is 17.6 Å². The molecule has 0 aliphatic carbocycles. The van der Waals surface area contributed by atoms with Gasteiger partial charge in [0.25, 0.3) is 0 Å². The molecule has 7 heteroatoms. The summed E-state index contributed by atoms with van der Waals surface area (Å²) in [6, 6.07) is -0.343. The van der Waals surface area contributed by atoms with E-state index in [-0.39, 0.29) is 6.04 Å². The Bertz CT molecular complexity index is 299. The number of hydrogen-bond donors (Lipinski definition) is 4. The maximum absolute atomic E-state index is 10.2. The zero-order chi connectivity index (χ0) is 11.1. The van der Waals surface area contributed by atoms with Gasteiger partial charge in [-0.1, -0.05) is 0 Å². The monoisotopic (exact) mass is 212 g/mol. The van der Waals surface area contributed by atoms with Crippen LogP contribution in [0.2, 0.25) is 0 Å². The molecule has 1 heterocycles. The van der Waals surface area contributed by atoms with Crippen LogP contribution in [0.5, 0.6) is 0 Å². The number of anilines is 2. The summed E-state index contributed by atoms with van der Waals surface area (Å²) < 4.78 is 0. The molecule has 0 unspecified atom stereocenters. The van der Waals surface area contributed by atoms with Gasteiger partial charge in [-0.15, -0.1) is 5.10 Å². The van der Waals surface area contributed by atoms with Crippen LogP contribution in [-0.4, -0.2) is 34.1 Å². The maximum atomic E-state index is 10.2. The second-order valence-electron chi connectivity index (χ2n) is 3.27. The van der Waals surface area contributed by atoms with E-state index in [1.807, 2.05) is 0 Å². The Balaban J connectivity index is 2.04. The molecule has 0 aromatic carbocycles. The van der Waals surface area contributed by atoms with Gasteiger partial charge in [-0.3, -0.25) is 0 Å². The SMILES string of the molecule is Nc1nc(NCCCC[C@@H](N)C=O)n[nH]1. The molecule has 0 radical (unpaired) electrons. The van der Waals surface area contributed by atoms with Crippen molar-refractivity contribution < 1.29 is 4.79 Å². The lowest BCUT2D eigenvalue weighted by Gasteiger charge is -2.03. The highest BCUT2D eigenvalue weighted by molar-refractivity contribution is 5.56. The lowest BCUT2D eigenvalue weighted by Crippen LogP contribution is -2.21. The van der Waals surface area contributed by atoms with E-state index >= 15 is 0 Å². The number of aromatic amines is 1. The van der Waals surface area contributed by atoms with Gasteiger partial charge < -0.3 is 21.6 Å². The Kier molecular flexibility index (Phi) is 4.55. The van der Waals surface area contributed by atoms with E-state index in [1.54, 1.807) is 0 Å². The number of nitrogens with two attached hydrogens (primary N) is 2. The number of rotatable bonds is 7. The van der Waals surface area contributed by atoms with Crippen molar-refractivity contribution in [3.63, 3.8) is 0 Å². The zero-order valence-electron chi connectivity index (χ0n) is 8.44. The third-order valence-electron chi connectivity index (χ3n) is 1.92. The van der Waals surface area contributed by atoms with Crippen molar-refractivity contribution in [1.82, 2.24) is 15.2 Å². The van der Waals surface area contributed by atoms with Crippen LogP contribution in [0.15, 0.2) is 0 Å². The van der Waals surface area contributed by atoms with Crippen LogP contribution in [0.25, 0.3) is 0 Å². The molecule has 84 valence electrons. The number of nitrogens with one attached hydrogen (secondary N) is 2. The highest BCUT2D eigenvalue weighted by Gasteiger charge is 2.00. The van der Waals surface area contributed by atoms with E-state index in [0.29, 0.717) is 18.3 Å². The fourth-order valence-corrected chi connectivity index (χ4v) is 1.13. The molecule has 7 nitrogen and oxygen atoms in total. The largest absolute Gasteiger partial charge is 0.368 e. The summed E-state index contributed by atoms with van der Waals surface area (Å²) in [5, 5.41) is 9.33. The van der Waals surface area contributed by atoms with Gasteiger partial charge in [0, 0.05) is 6.54 Å². The first-order valence-corrected chi connectivity index (χ1v) is 4.85. The molecule has 0 aliphatic heterocycles. The lowest BCUT2D eigenvalue weighted by molar-refractivity contribution is -0.109. The molecular weight excluding hydrogens is 196 g/mol. The van der Waals surface area contributed by atoms with Gasteiger partial charge in [-0.05, 0) is 19.3 Å². The molecule has 0 fully saturated rings. The zero-order valence-corrected chi connectivity index (χ0v) is 8.44. The van der Waals surface area contributed by atoms with E-state index in [0.717, 1.165) is 25.7 Å². The molecule has 15 heavy (non-hydrogen) atoms. The second-order valence-corrected chi connectivity index (χ2v) is 3.27. The first kappa shape index (κ1) is 11.4. The summed E-state index contributed by atoms with van der Waals surface area (Å²) in [4.78, 5) is 14.1. The van der Waals surface area contributed by atoms with E-state index < -0.39 is 0 Å². The van der Waals surface area contributed by atoms with E-state index in [2.05, 4.69) is 20.5 Å². The topological polar surface area (TPSA) is 123 Å². The number of aldehydes is 1. The highest BCUT2D eigenvalue weighted by atomic mass is 16.1. The van der Waals surface area contributed by atoms with Crippen LogP contribution < -0.4 is 16.8 Å². The number of aromatic nitrogens is 3. The average molecular weight is 212 g/mol. The van der Waals surface area contributed by atoms with Crippen LogP contribution in [0.3, 0.4) is 0 Å². The smallest absolute Gasteiger partial charge is 0.243 e. The minimum Gasteiger partial charge on any atom is -0.368 e. The summed E-state index contributed by atoms with van der Waals surface area (Å²) in [7, 11) is 0. The Morgan fingerprint density at radius 3 is 2.93 bits per heavy atom.